The number of ether oxygens (including phenoxy) is 1. The fourth-order valence-electron chi connectivity index (χ4n) is 1.00. The number of hydrogen-bond donors (Lipinski definition) is 1. The molecule has 0 aliphatic heterocycles. The van der Waals surface area contributed by atoms with Gasteiger partial charge in [0.15, 0.2) is 0 Å². The lowest BCUT2D eigenvalue weighted by molar-refractivity contribution is 0.0397. The molecule has 0 radical (unpaired) electrons. The van der Waals surface area contributed by atoms with E-state index in [2.05, 4.69) is 4.90 Å². The standard InChI is InChI=1S/C9H15NOS.C5H12O/c1-10(2)6-5-8(11)9-4-3-7-12-9;1-5(2,3)6-4/h3-4,7-8,11H,5-6H2,1-2H3;1-4H3. The highest BCUT2D eigenvalue weighted by Crippen LogP contribution is 2.21. The molecule has 0 aromatic carbocycles. The Labute approximate surface area is 115 Å². The topological polar surface area (TPSA) is 32.7 Å². The number of aliphatic hydroxyl groups excluding tert-OH is 1. The van der Waals surface area contributed by atoms with Gasteiger partial charge in [-0.1, -0.05) is 6.07 Å². The Hall–Kier alpha value is -0.420. The zero-order valence-corrected chi connectivity index (χ0v) is 13.3. The highest BCUT2D eigenvalue weighted by atomic mass is 32.1. The van der Waals surface area contributed by atoms with Crippen molar-refractivity contribution in [2.75, 3.05) is 27.7 Å². The number of hydrogen-bond acceptors (Lipinski definition) is 4. The maximum absolute atomic E-state index is 9.64. The lowest BCUT2D eigenvalue weighted by Gasteiger charge is -2.14. The monoisotopic (exact) mass is 273 g/mol. The smallest absolute Gasteiger partial charge is 0.0894 e. The van der Waals surface area contributed by atoms with Crippen LogP contribution in [0.15, 0.2) is 17.5 Å². The first kappa shape index (κ1) is 17.6. The van der Waals surface area contributed by atoms with Crippen LogP contribution in [0.4, 0.5) is 0 Å². The first-order valence-electron chi connectivity index (χ1n) is 6.17. The van der Waals surface area contributed by atoms with E-state index in [4.69, 9.17) is 4.74 Å². The molecule has 1 rings (SSSR count). The minimum atomic E-state index is -0.285. The number of thiophene rings is 1. The Balaban J connectivity index is 0.000000411. The van der Waals surface area contributed by atoms with E-state index in [1.807, 2.05) is 52.4 Å². The number of nitrogens with zero attached hydrogens (tertiary/aromatic N) is 1. The van der Waals surface area contributed by atoms with Crippen LogP contribution in [0, 0.1) is 0 Å². The summed E-state index contributed by atoms with van der Waals surface area (Å²) in [7, 11) is 5.74. The van der Waals surface area contributed by atoms with Crippen molar-refractivity contribution in [2.24, 2.45) is 0 Å². The van der Waals surface area contributed by atoms with Gasteiger partial charge in [-0.25, -0.2) is 0 Å². The lowest BCUT2D eigenvalue weighted by Crippen LogP contribution is -2.15. The largest absolute Gasteiger partial charge is 0.388 e. The zero-order chi connectivity index (χ0) is 14.2. The van der Waals surface area contributed by atoms with Gasteiger partial charge < -0.3 is 14.7 Å². The Morgan fingerprint density at radius 3 is 2.28 bits per heavy atom. The fourth-order valence-corrected chi connectivity index (χ4v) is 1.75. The highest BCUT2D eigenvalue weighted by molar-refractivity contribution is 7.10. The second-order valence-corrected chi connectivity index (χ2v) is 6.42. The summed E-state index contributed by atoms with van der Waals surface area (Å²) >= 11 is 1.61. The van der Waals surface area contributed by atoms with E-state index in [1.54, 1.807) is 18.4 Å². The third-order valence-corrected chi connectivity index (χ3v) is 3.31. The molecule has 1 unspecified atom stereocenters. The van der Waals surface area contributed by atoms with Crippen LogP contribution < -0.4 is 0 Å². The van der Waals surface area contributed by atoms with Gasteiger partial charge >= 0.3 is 0 Å². The maximum atomic E-state index is 9.64. The lowest BCUT2D eigenvalue weighted by atomic mass is 10.2. The summed E-state index contributed by atoms with van der Waals surface area (Å²) in [5, 5.41) is 11.6. The van der Waals surface area contributed by atoms with E-state index in [0.717, 1.165) is 17.8 Å². The van der Waals surface area contributed by atoms with Gasteiger partial charge in [-0.3, -0.25) is 0 Å². The molecule has 18 heavy (non-hydrogen) atoms. The SMILES string of the molecule is CN(C)CCC(O)c1cccs1.COC(C)(C)C. The molecule has 0 fully saturated rings. The molecule has 1 heterocycles. The van der Waals surface area contributed by atoms with Gasteiger partial charge in [0.25, 0.3) is 0 Å². The zero-order valence-electron chi connectivity index (χ0n) is 12.4. The van der Waals surface area contributed by atoms with Crippen LogP contribution in [0.1, 0.15) is 38.2 Å². The van der Waals surface area contributed by atoms with E-state index in [9.17, 15) is 5.11 Å². The van der Waals surface area contributed by atoms with Crippen molar-refractivity contribution >= 4 is 11.3 Å². The second-order valence-electron chi connectivity index (χ2n) is 5.44. The number of methoxy groups -OCH3 is 1. The van der Waals surface area contributed by atoms with E-state index in [-0.39, 0.29) is 11.7 Å². The molecule has 0 saturated carbocycles. The first-order chi connectivity index (χ1) is 8.26. The predicted octanol–water partition coefficient (Wildman–Crippen LogP) is 3.16. The van der Waals surface area contributed by atoms with Crippen LogP contribution in [0.25, 0.3) is 0 Å². The summed E-state index contributed by atoms with van der Waals surface area (Å²) in [6, 6.07) is 3.95. The average Bonchev–Trinajstić information content (AvgIpc) is 2.79. The summed E-state index contributed by atoms with van der Waals surface area (Å²) in [6.45, 7) is 6.99. The molecule has 0 aliphatic rings. The molecule has 1 atom stereocenters. The number of aliphatic hydroxyl groups is 1. The number of rotatable bonds is 4. The quantitative estimate of drug-likeness (QED) is 0.914. The molecule has 0 spiro atoms. The van der Waals surface area contributed by atoms with E-state index < -0.39 is 0 Å². The third kappa shape index (κ3) is 9.59. The molecule has 0 bridgehead atoms. The molecule has 0 aliphatic carbocycles. The molecule has 0 saturated heterocycles. The van der Waals surface area contributed by atoms with Gasteiger partial charge in [0.1, 0.15) is 0 Å². The Kier molecular flexibility index (Phi) is 8.44. The summed E-state index contributed by atoms with van der Waals surface area (Å²) < 4.78 is 4.94. The normalized spacial score (nSPS) is 13.1. The van der Waals surface area contributed by atoms with Crippen molar-refractivity contribution in [1.29, 1.82) is 0 Å². The van der Waals surface area contributed by atoms with Crippen molar-refractivity contribution in [3.05, 3.63) is 22.4 Å². The summed E-state index contributed by atoms with van der Waals surface area (Å²) in [4.78, 5) is 3.15. The van der Waals surface area contributed by atoms with Crippen LogP contribution in [-0.2, 0) is 4.74 Å². The van der Waals surface area contributed by atoms with Crippen LogP contribution in [0.5, 0.6) is 0 Å². The molecular formula is C14H27NO2S. The Bertz CT molecular complexity index is 291. The molecule has 106 valence electrons. The van der Waals surface area contributed by atoms with Gasteiger partial charge in [0.2, 0.25) is 0 Å². The van der Waals surface area contributed by atoms with Crippen molar-refractivity contribution in [3.8, 4) is 0 Å². The van der Waals surface area contributed by atoms with Crippen molar-refractivity contribution in [1.82, 2.24) is 4.90 Å². The van der Waals surface area contributed by atoms with Crippen molar-refractivity contribution in [3.63, 3.8) is 0 Å². The van der Waals surface area contributed by atoms with Gasteiger partial charge in [0, 0.05) is 18.5 Å². The molecule has 1 aromatic heterocycles. The van der Waals surface area contributed by atoms with Gasteiger partial charge in [0.05, 0.1) is 11.7 Å². The Morgan fingerprint density at radius 1 is 1.39 bits per heavy atom. The first-order valence-corrected chi connectivity index (χ1v) is 7.05. The summed E-state index contributed by atoms with van der Waals surface area (Å²) in [5.41, 5.74) is 0.0417. The minimum Gasteiger partial charge on any atom is -0.388 e. The highest BCUT2D eigenvalue weighted by Gasteiger charge is 2.07. The second kappa shape index (κ2) is 8.64. The van der Waals surface area contributed by atoms with Crippen LogP contribution in [0.2, 0.25) is 0 Å². The molecule has 0 amide bonds. The molecule has 3 nitrogen and oxygen atoms in total. The maximum Gasteiger partial charge on any atom is 0.0894 e. The van der Waals surface area contributed by atoms with Gasteiger partial charge in [-0.15, -0.1) is 11.3 Å². The van der Waals surface area contributed by atoms with E-state index >= 15 is 0 Å². The molecule has 1 aromatic rings. The van der Waals surface area contributed by atoms with Gasteiger partial charge in [-0.2, -0.15) is 0 Å². The molecular weight excluding hydrogens is 246 g/mol. The average molecular weight is 273 g/mol. The minimum absolute atomic E-state index is 0.0417. The summed E-state index contributed by atoms with van der Waals surface area (Å²) in [6.07, 6.45) is 0.528. The van der Waals surface area contributed by atoms with E-state index in [1.165, 1.54) is 0 Å². The molecule has 1 N–H and O–H groups in total. The predicted molar refractivity (Wildman–Crippen MR) is 79.2 cm³/mol. The van der Waals surface area contributed by atoms with Crippen LogP contribution in [0.3, 0.4) is 0 Å². The molecule has 4 heteroatoms. The van der Waals surface area contributed by atoms with Gasteiger partial charge in [-0.05, 0) is 52.7 Å². The van der Waals surface area contributed by atoms with Crippen LogP contribution in [-0.4, -0.2) is 43.4 Å². The van der Waals surface area contributed by atoms with Crippen molar-refractivity contribution in [2.45, 2.75) is 38.9 Å². The van der Waals surface area contributed by atoms with Crippen LogP contribution >= 0.6 is 11.3 Å². The Morgan fingerprint density at radius 2 is 1.94 bits per heavy atom. The fraction of sp³-hybridized carbons (Fsp3) is 0.714. The third-order valence-electron chi connectivity index (χ3n) is 2.33. The van der Waals surface area contributed by atoms with Crippen molar-refractivity contribution < 1.29 is 9.84 Å². The van der Waals surface area contributed by atoms with E-state index in [0.29, 0.717) is 0 Å². The summed E-state index contributed by atoms with van der Waals surface area (Å²) in [5.74, 6) is 0.